The fourth-order valence-corrected chi connectivity index (χ4v) is 1.17. The molecule has 0 aliphatic heterocycles. The highest BCUT2D eigenvalue weighted by Crippen LogP contribution is 2.09. The van der Waals surface area contributed by atoms with E-state index in [9.17, 15) is 4.79 Å². The molecule has 0 rings (SSSR count). The fraction of sp³-hybridized carbons (Fsp3) is 0.818. The van der Waals surface area contributed by atoms with Crippen LogP contribution < -0.4 is 11.1 Å². The highest BCUT2D eigenvalue weighted by Gasteiger charge is 2.26. The van der Waals surface area contributed by atoms with Crippen LogP contribution in [-0.4, -0.2) is 17.5 Å². The van der Waals surface area contributed by atoms with Gasteiger partial charge in [0.2, 0.25) is 5.91 Å². The third-order valence-corrected chi connectivity index (χ3v) is 2.42. The Hall–Kier alpha value is -1.08. The molecule has 0 saturated carbocycles. The Morgan fingerprint density at radius 1 is 1.60 bits per heavy atom. The van der Waals surface area contributed by atoms with Crippen LogP contribution >= 0.6 is 0 Å². The Labute approximate surface area is 91.8 Å². The van der Waals surface area contributed by atoms with Gasteiger partial charge in [-0.1, -0.05) is 20.8 Å². The second-order valence-electron chi connectivity index (χ2n) is 4.52. The number of rotatable bonds is 5. The molecule has 0 heterocycles. The first-order valence-electron chi connectivity index (χ1n) is 5.33. The smallest absolute Gasteiger partial charge is 0.238 e. The summed E-state index contributed by atoms with van der Waals surface area (Å²) in [5.41, 5.74) is 4.91. The zero-order valence-corrected chi connectivity index (χ0v) is 10.0. The monoisotopic (exact) mass is 211 g/mol. The van der Waals surface area contributed by atoms with Crippen molar-refractivity contribution in [3.8, 4) is 6.07 Å². The van der Waals surface area contributed by atoms with Crippen LogP contribution in [0.4, 0.5) is 0 Å². The molecule has 4 nitrogen and oxygen atoms in total. The Morgan fingerprint density at radius 2 is 2.13 bits per heavy atom. The fourth-order valence-electron chi connectivity index (χ4n) is 1.17. The van der Waals surface area contributed by atoms with Gasteiger partial charge in [0.1, 0.15) is 5.54 Å². The molecule has 2 atom stereocenters. The van der Waals surface area contributed by atoms with Crippen molar-refractivity contribution in [1.29, 1.82) is 5.26 Å². The molecule has 0 aromatic carbocycles. The van der Waals surface area contributed by atoms with Crippen LogP contribution in [0.15, 0.2) is 0 Å². The number of hydrogen-bond donors (Lipinski definition) is 2. The maximum Gasteiger partial charge on any atom is 0.238 e. The lowest BCUT2D eigenvalue weighted by atomic mass is 9.98. The first-order chi connectivity index (χ1) is 6.84. The van der Waals surface area contributed by atoms with Crippen LogP contribution in [0.1, 0.15) is 40.5 Å². The lowest BCUT2D eigenvalue weighted by Gasteiger charge is -2.24. The second-order valence-corrected chi connectivity index (χ2v) is 4.52. The Morgan fingerprint density at radius 3 is 2.47 bits per heavy atom. The highest BCUT2D eigenvalue weighted by molar-refractivity contribution is 5.82. The molecule has 15 heavy (non-hydrogen) atoms. The number of nitrogens with zero attached hydrogens (tertiary/aromatic N) is 1. The number of nitrogens with two attached hydrogens (primary N) is 1. The highest BCUT2D eigenvalue weighted by atomic mass is 16.2. The van der Waals surface area contributed by atoms with Gasteiger partial charge >= 0.3 is 0 Å². The molecule has 0 aromatic heterocycles. The van der Waals surface area contributed by atoms with Gasteiger partial charge in [-0.25, -0.2) is 0 Å². The van der Waals surface area contributed by atoms with E-state index in [2.05, 4.69) is 11.4 Å². The third-order valence-electron chi connectivity index (χ3n) is 2.42. The molecule has 0 aromatic rings. The third kappa shape index (κ3) is 4.80. The second kappa shape index (κ2) is 5.72. The first-order valence-corrected chi connectivity index (χ1v) is 5.33. The Balaban J connectivity index is 4.31. The predicted molar refractivity (Wildman–Crippen MR) is 59.9 cm³/mol. The average Bonchev–Trinajstić information content (AvgIpc) is 2.16. The number of amides is 1. The molecule has 3 N–H and O–H groups in total. The largest absolute Gasteiger partial charge is 0.337 e. The van der Waals surface area contributed by atoms with E-state index in [4.69, 9.17) is 11.0 Å². The van der Waals surface area contributed by atoms with Crippen molar-refractivity contribution in [1.82, 2.24) is 5.32 Å². The Bertz CT molecular complexity index is 257. The molecule has 1 amide bonds. The zero-order valence-electron chi connectivity index (χ0n) is 10.0. The van der Waals surface area contributed by atoms with Gasteiger partial charge in [0, 0.05) is 0 Å². The number of nitrogens with one attached hydrogen (secondary N) is 1. The topological polar surface area (TPSA) is 78.9 Å². The molecular formula is C11H21N3O. The standard InChI is InChI=1S/C11H21N3O/c1-5-11(4,7-12)14-10(15)9(13)6-8(2)3/h8-9H,5-6,13H2,1-4H3,(H,14,15). The van der Waals surface area contributed by atoms with E-state index in [1.54, 1.807) is 6.92 Å². The van der Waals surface area contributed by atoms with Crippen LogP contribution in [0.5, 0.6) is 0 Å². The van der Waals surface area contributed by atoms with E-state index in [1.165, 1.54) is 0 Å². The van der Waals surface area contributed by atoms with Crippen molar-refractivity contribution in [2.75, 3.05) is 0 Å². The molecule has 0 aliphatic rings. The number of nitriles is 1. The van der Waals surface area contributed by atoms with Gasteiger partial charge < -0.3 is 11.1 Å². The maximum atomic E-state index is 11.6. The van der Waals surface area contributed by atoms with Gasteiger partial charge in [0.05, 0.1) is 12.1 Å². The summed E-state index contributed by atoms with van der Waals surface area (Å²) in [6.07, 6.45) is 1.21. The molecule has 0 spiro atoms. The molecule has 0 bridgehead atoms. The maximum absolute atomic E-state index is 11.6. The van der Waals surface area contributed by atoms with Gasteiger partial charge in [-0.05, 0) is 25.7 Å². The minimum atomic E-state index is -0.800. The summed E-state index contributed by atoms with van der Waals surface area (Å²) in [5.74, 6) is 0.135. The number of carbonyl (C=O) groups excluding carboxylic acids is 1. The first kappa shape index (κ1) is 13.9. The van der Waals surface area contributed by atoms with Crippen LogP contribution in [-0.2, 0) is 4.79 Å². The summed E-state index contributed by atoms with van der Waals surface area (Å²) >= 11 is 0. The van der Waals surface area contributed by atoms with E-state index < -0.39 is 11.6 Å². The molecule has 0 radical (unpaired) electrons. The normalized spacial score (nSPS) is 16.6. The zero-order chi connectivity index (χ0) is 12.1. The van der Waals surface area contributed by atoms with Crippen molar-refractivity contribution in [2.45, 2.75) is 52.1 Å². The van der Waals surface area contributed by atoms with E-state index in [0.29, 0.717) is 18.8 Å². The van der Waals surface area contributed by atoms with Gasteiger partial charge in [-0.3, -0.25) is 4.79 Å². The summed E-state index contributed by atoms with van der Waals surface area (Å²) in [5, 5.41) is 11.6. The molecule has 0 fully saturated rings. The summed E-state index contributed by atoms with van der Waals surface area (Å²) in [7, 11) is 0. The van der Waals surface area contributed by atoms with Gasteiger partial charge in [-0.15, -0.1) is 0 Å². The summed E-state index contributed by atoms with van der Waals surface area (Å²) in [6.45, 7) is 7.58. The van der Waals surface area contributed by atoms with Crippen molar-refractivity contribution in [3.05, 3.63) is 0 Å². The molecular weight excluding hydrogens is 190 g/mol. The minimum Gasteiger partial charge on any atom is -0.337 e. The van der Waals surface area contributed by atoms with Gasteiger partial charge in [0.15, 0.2) is 0 Å². The van der Waals surface area contributed by atoms with Gasteiger partial charge in [0.25, 0.3) is 0 Å². The van der Waals surface area contributed by atoms with Crippen molar-refractivity contribution in [3.63, 3.8) is 0 Å². The SMILES string of the molecule is CCC(C)(C#N)NC(=O)C(N)CC(C)C. The van der Waals surface area contributed by atoms with Crippen LogP contribution in [0.2, 0.25) is 0 Å². The number of hydrogen-bond acceptors (Lipinski definition) is 3. The lowest BCUT2D eigenvalue weighted by Crippen LogP contribution is -2.51. The molecule has 4 heteroatoms. The molecule has 0 aliphatic carbocycles. The van der Waals surface area contributed by atoms with Crippen molar-refractivity contribution < 1.29 is 4.79 Å². The Kier molecular flexibility index (Phi) is 5.31. The average molecular weight is 211 g/mol. The summed E-state index contributed by atoms with van der Waals surface area (Å²) in [6, 6.07) is 1.56. The van der Waals surface area contributed by atoms with Crippen molar-refractivity contribution in [2.24, 2.45) is 11.7 Å². The predicted octanol–water partition coefficient (Wildman–Crippen LogP) is 1.17. The summed E-state index contributed by atoms with van der Waals surface area (Å²) < 4.78 is 0. The lowest BCUT2D eigenvalue weighted by molar-refractivity contribution is -0.123. The van der Waals surface area contributed by atoms with E-state index in [0.717, 1.165) is 0 Å². The minimum absolute atomic E-state index is 0.241. The molecule has 2 unspecified atom stereocenters. The van der Waals surface area contributed by atoms with Crippen LogP contribution in [0.3, 0.4) is 0 Å². The van der Waals surface area contributed by atoms with Crippen LogP contribution in [0, 0.1) is 17.2 Å². The van der Waals surface area contributed by atoms with Crippen LogP contribution in [0.25, 0.3) is 0 Å². The van der Waals surface area contributed by atoms with E-state index in [1.807, 2.05) is 20.8 Å². The quantitative estimate of drug-likeness (QED) is 0.716. The van der Waals surface area contributed by atoms with E-state index in [-0.39, 0.29) is 5.91 Å². The number of carbonyl (C=O) groups is 1. The van der Waals surface area contributed by atoms with Crippen molar-refractivity contribution >= 4 is 5.91 Å². The van der Waals surface area contributed by atoms with E-state index >= 15 is 0 Å². The molecule has 0 saturated heterocycles. The summed E-state index contributed by atoms with van der Waals surface area (Å²) in [4.78, 5) is 11.6. The van der Waals surface area contributed by atoms with Gasteiger partial charge in [-0.2, -0.15) is 5.26 Å². The molecule has 86 valence electrons.